The molecule has 0 atom stereocenters. The third-order valence-corrected chi connectivity index (χ3v) is 5.12. The molecule has 1 aromatic rings. The first-order valence-corrected chi connectivity index (χ1v) is 8.95. The average Bonchev–Trinajstić information content (AvgIpc) is 2.83. The van der Waals surface area contributed by atoms with Gasteiger partial charge in [-0.3, -0.25) is 4.99 Å². The zero-order chi connectivity index (χ0) is 15.9. The number of aliphatic imine (C=N–C) groups is 1. The zero-order valence-corrected chi connectivity index (χ0v) is 15.0. The van der Waals surface area contributed by atoms with Crippen LogP contribution in [-0.2, 0) is 11.2 Å². The van der Waals surface area contributed by atoms with Gasteiger partial charge in [0.15, 0.2) is 5.96 Å². The van der Waals surface area contributed by atoms with Crippen molar-refractivity contribution in [3.8, 4) is 0 Å². The van der Waals surface area contributed by atoms with Crippen LogP contribution in [0.4, 0.5) is 0 Å². The summed E-state index contributed by atoms with van der Waals surface area (Å²) >= 11 is 1.79. The van der Waals surface area contributed by atoms with Gasteiger partial charge >= 0.3 is 0 Å². The summed E-state index contributed by atoms with van der Waals surface area (Å²) in [6.07, 6.45) is 3.59. The molecule has 2 rings (SSSR count). The normalized spacial score (nSPS) is 17.1. The summed E-state index contributed by atoms with van der Waals surface area (Å²) in [6.45, 7) is 9.97. The lowest BCUT2D eigenvalue weighted by Gasteiger charge is -2.34. The fourth-order valence-corrected chi connectivity index (χ4v) is 3.83. The molecule has 1 aromatic heterocycles. The fraction of sp³-hybridized carbons (Fsp3) is 0.750. The molecule has 0 saturated carbocycles. The third-order valence-electron chi connectivity index (χ3n) is 3.99. The third kappa shape index (κ3) is 4.68. The van der Waals surface area contributed by atoms with Crippen LogP contribution in [0.5, 0.6) is 0 Å². The molecule has 0 bridgehead atoms. The van der Waals surface area contributed by atoms with E-state index in [2.05, 4.69) is 41.0 Å². The second kappa shape index (κ2) is 8.48. The summed E-state index contributed by atoms with van der Waals surface area (Å²) in [6, 6.07) is 0. The van der Waals surface area contributed by atoms with Crippen molar-refractivity contribution in [2.24, 2.45) is 4.99 Å². The van der Waals surface area contributed by atoms with E-state index in [-0.39, 0.29) is 0 Å². The highest BCUT2D eigenvalue weighted by atomic mass is 32.1. The SMILES string of the molecule is CCOC1CCN(C(=NC)NCCc2sc(C)nc2C)CC1. The predicted octanol–water partition coefficient (Wildman–Crippen LogP) is 2.38. The van der Waals surface area contributed by atoms with E-state index < -0.39 is 0 Å². The number of nitrogens with zero attached hydrogens (tertiary/aromatic N) is 3. The minimum Gasteiger partial charge on any atom is -0.378 e. The Hall–Kier alpha value is -1.14. The zero-order valence-electron chi connectivity index (χ0n) is 14.2. The molecule has 22 heavy (non-hydrogen) atoms. The number of guanidine groups is 1. The van der Waals surface area contributed by atoms with Crippen LogP contribution in [0.2, 0.25) is 0 Å². The number of hydrogen-bond acceptors (Lipinski definition) is 4. The highest BCUT2D eigenvalue weighted by Gasteiger charge is 2.21. The number of piperidine rings is 1. The van der Waals surface area contributed by atoms with E-state index in [0.717, 1.165) is 62.2 Å². The van der Waals surface area contributed by atoms with Gasteiger partial charge in [-0.2, -0.15) is 0 Å². The Kier molecular flexibility index (Phi) is 6.64. The molecular weight excluding hydrogens is 296 g/mol. The summed E-state index contributed by atoms with van der Waals surface area (Å²) in [5.41, 5.74) is 1.16. The van der Waals surface area contributed by atoms with Crippen LogP contribution in [0.25, 0.3) is 0 Å². The van der Waals surface area contributed by atoms with Crippen LogP contribution >= 0.6 is 11.3 Å². The molecule has 1 fully saturated rings. The Labute approximate surface area is 137 Å². The minimum absolute atomic E-state index is 0.419. The van der Waals surface area contributed by atoms with Crippen LogP contribution in [0.1, 0.15) is 35.3 Å². The van der Waals surface area contributed by atoms with Crippen molar-refractivity contribution in [2.45, 2.75) is 46.1 Å². The quantitative estimate of drug-likeness (QED) is 0.667. The van der Waals surface area contributed by atoms with Gasteiger partial charge in [0.1, 0.15) is 0 Å². The second-order valence-corrected chi connectivity index (χ2v) is 6.89. The first kappa shape index (κ1) is 17.2. The second-order valence-electron chi connectivity index (χ2n) is 5.61. The number of ether oxygens (including phenoxy) is 1. The van der Waals surface area contributed by atoms with Crippen molar-refractivity contribution in [2.75, 3.05) is 33.3 Å². The number of aryl methyl sites for hydroxylation is 2. The average molecular weight is 324 g/mol. The smallest absolute Gasteiger partial charge is 0.193 e. The van der Waals surface area contributed by atoms with Crippen molar-refractivity contribution in [3.63, 3.8) is 0 Å². The number of aromatic nitrogens is 1. The number of thiazole rings is 1. The van der Waals surface area contributed by atoms with Gasteiger partial charge in [0, 0.05) is 44.6 Å². The summed E-state index contributed by atoms with van der Waals surface area (Å²) in [5, 5.41) is 4.63. The maximum Gasteiger partial charge on any atom is 0.193 e. The van der Waals surface area contributed by atoms with Gasteiger partial charge in [-0.05, 0) is 33.6 Å². The molecule has 0 radical (unpaired) electrons. The molecule has 2 heterocycles. The van der Waals surface area contributed by atoms with Crippen LogP contribution in [0.15, 0.2) is 4.99 Å². The Bertz CT molecular complexity index is 492. The molecule has 1 N–H and O–H groups in total. The first-order chi connectivity index (χ1) is 10.6. The Morgan fingerprint density at radius 2 is 2.14 bits per heavy atom. The molecule has 5 nitrogen and oxygen atoms in total. The van der Waals surface area contributed by atoms with E-state index in [1.165, 1.54) is 4.88 Å². The van der Waals surface area contributed by atoms with Crippen LogP contribution in [0, 0.1) is 13.8 Å². The largest absolute Gasteiger partial charge is 0.378 e. The fourth-order valence-electron chi connectivity index (χ4n) is 2.90. The van der Waals surface area contributed by atoms with Crippen LogP contribution < -0.4 is 5.32 Å². The van der Waals surface area contributed by atoms with Gasteiger partial charge in [-0.1, -0.05) is 0 Å². The molecule has 0 spiro atoms. The minimum atomic E-state index is 0.419. The van der Waals surface area contributed by atoms with E-state index >= 15 is 0 Å². The number of likely N-dealkylation sites (tertiary alicyclic amines) is 1. The van der Waals surface area contributed by atoms with Gasteiger partial charge in [0.2, 0.25) is 0 Å². The number of nitrogens with one attached hydrogen (secondary N) is 1. The summed E-state index contributed by atoms with van der Waals surface area (Å²) in [4.78, 5) is 12.6. The molecular formula is C16H28N4OS. The standard InChI is InChI=1S/C16H28N4OS/c1-5-21-14-7-10-20(11-8-14)16(17-4)18-9-6-15-12(2)19-13(3)22-15/h14H,5-11H2,1-4H3,(H,17,18). The molecule has 1 aliphatic heterocycles. The van der Waals surface area contributed by atoms with Crippen molar-refractivity contribution in [1.29, 1.82) is 0 Å². The van der Waals surface area contributed by atoms with E-state index in [1.54, 1.807) is 11.3 Å². The van der Waals surface area contributed by atoms with Gasteiger partial charge in [0.25, 0.3) is 0 Å². The lowest BCUT2D eigenvalue weighted by atomic mass is 10.1. The molecule has 0 unspecified atom stereocenters. The molecule has 1 saturated heterocycles. The van der Waals surface area contributed by atoms with E-state index in [4.69, 9.17) is 4.74 Å². The van der Waals surface area contributed by atoms with Crippen molar-refractivity contribution in [3.05, 3.63) is 15.6 Å². The van der Waals surface area contributed by atoms with Crippen molar-refractivity contribution < 1.29 is 4.74 Å². The topological polar surface area (TPSA) is 49.8 Å². The van der Waals surface area contributed by atoms with Gasteiger partial charge in [-0.15, -0.1) is 11.3 Å². The highest BCUT2D eigenvalue weighted by Crippen LogP contribution is 2.17. The summed E-state index contributed by atoms with van der Waals surface area (Å²) < 4.78 is 5.71. The molecule has 0 amide bonds. The van der Waals surface area contributed by atoms with Gasteiger partial charge in [-0.25, -0.2) is 4.98 Å². The summed E-state index contributed by atoms with van der Waals surface area (Å²) in [5.74, 6) is 1.01. The highest BCUT2D eigenvalue weighted by molar-refractivity contribution is 7.11. The van der Waals surface area contributed by atoms with Gasteiger partial charge < -0.3 is 15.0 Å². The molecule has 124 valence electrons. The monoisotopic (exact) mass is 324 g/mol. The molecule has 1 aliphatic rings. The van der Waals surface area contributed by atoms with E-state index in [9.17, 15) is 0 Å². The number of rotatable bonds is 5. The van der Waals surface area contributed by atoms with Crippen LogP contribution in [0.3, 0.4) is 0 Å². The van der Waals surface area contributed by atoms with E-state index in [1.807, 2.05) is 7.05 Å². The predicted molar refractivity (Wildman–Crippen MR) is 92.9 cm³/mol. The first-order valence-electron chi connectivity index (χ1n) is 8.14. The maximum atomic E-state index is 5.71. The number of hydrogen-bond donors (Lipinski definition) is 1. The Morgan fingerprint density at radius 3 is 2.68 bits per heavy atom. The van der Waals surface area contributed by atoms with E-state index in [0.29, 0.717) is 6.10 Å². The summed E-state index contributed by atoms with van der Waals surface area (Å²) in [7, 11) is 1.86. The lowest BCUT2D eigenvalue weighted by Crippen LogP contribution is -2.47. The van der Waals surface area contributed by atoms with Crippen LogP contribution in [-0.4, -0.2) is 55.2 Å². The molecule has 6 heteroatoms. The van der Waals surface area contributed by atoms with Gasteiger partial charge in [0.05, 0.1) is 16.8 Å². The lowest BCUT2D eigenvalue weighted by molar-refractivity contribution is 0.0264. The van der Waals surface area contributed by atoms with Crippen molar-refractivity contribution in [1.82, 2.24) is 15.2 Å². The molecule has 0 aliphatic carbocycles. The molecule has 0 aromatic carbocycles. The Morgan fingerprint density at radius 1 is 1.41 bits per heavy atom. The Balaban J connectivity index is 1.77. The maximum absolute atomic E-state index is 5.71. The van der Waals surface area contributed by atoms with Crippen molar-refractivity contribution >= 4 is 17.3 Å².